The summed E-state index contributed by atoms with van der Waals surface area (Å²) in [6.45, 7) is 4.57. The molecule has 1 heterocycles. The van der Waals surface area contributed by atoms with Gasteiger partial charge in [-0.05, 0) is 25.3 Å². The number of hydrogen-bond acceptors (Lipinski definition) is 3. The molecule has 0 saturated carbocycles. The third-order valence-corrected chi connectivity index (χ3v) is 3.42. The number of nitrogens with one attached hydrogen (secondary N) is 2. The third kappa shape index (κ3) is 4.65. The average Bonchev–Trinajstić information content (AvgIpc) is 2.85. The van der Waals surface area contributed by atoms with Gasteiger partial charge < -0.3 is 15.4 Å². The van der Waals surface area contributed by atoms with Crippen LogP contribution in [0, 0.1) is 0 Å². The number of ether oxygens (including phenoxy) is 1. The maximum absolute atomic E-state index is 11.7. The van der Waals surface area contributed by atoms with Crippen LogP contribution in [0.1, 0.15) is 25.3 Å². The fourth-order valence-electron chi connectivity index (χ4n) is 2.28. The van der Waals surface area contributed by atoms with E-state index in [9.17, 15) is 4.79 Å². The summed E-state index contributed by atoms with van der Waals surface area (Å²) >= 11 is 0. The van der Waals surface area contributed by atoms with E-state index in [0.717, 1.165) is 31.6 Å². The molecule has 0 bridgehead atoms. The highest BCUT2D eigenvalue weighted by Crippen LogP contribution is 2.23. The molecule has 1 atom stereocenters. The van der Waals surface area contributed by atoms with E-state index in [0.29, 0.717) is 13.1 Å². The molecular weight excluding hydrogens is 240 g/mol. The summed E-state index contributed by atoms with van der Waals surface area (Å²) < 4.78 is 5.66. The van der Waals surface area contributed by atoms with Crippen LogP contribution in [0.2, 0.25) is 0 Å². The van der Waals surface area contributed by atoms with Crippen molar-refractivity contribution in [1.82, 2.24) is 10.6 Å². The largest absolute Gasteiger partial charge is 0.374 e. The number of carbonyl (C=O) groups is 1. The first kappa shape index (κ1) is 14.0. The minimum Gasteiger partial charge on any atom is -0.374 e. The van der Waals surface area contributed by atoms with Crippen molar-refractivity contribution >= 4 is 5.91 Å². The molecule has 1 fully saturated rings. The zero-order valence-corrected chi connectivity index (χ0v) is 11.4. The van der Waals surface area contributed by atoms with Gasteiger partial charge in [0.25, 0.3) is 0 Å². The number of carbonyl (C=O) groups excluding carboxylic acids is 1. The van der Waals surface area contributed by atoms with E-state index in [4.69, 9.17) is 4.74 Å². The summed E-state index contributed by atoms with van der Waals surface area (Å²) in [6, 6.07) is 9.91. The molecule has 1 saturated heterocycles. The van der Waals surface area contributed by atoms with Crippen LogP contribution >= 0.6 is 0 Å². The summed E-state index contributed by atoms with van der Waals surface area (Å²) in [5.41, 5.74) is 1.02. The molecule has 1 aromatic rings. The zero-order valence-electron chi connectivity index (χ0n) is 11.4. The normalized spacial score (nSPS) is 22.4. The standard InChI is InChI=1S/C15H22N2O2/c1-15(8-5-9-19-15)12-16-11-14(18)17-10-13-6-3-2-4-7-13/h2-4,6-7,16H,5,8-12H2,1H3,(H,17,18). The van der Waals surface area contributed by atoms with E-state index in [2.05, 4.69) is 17.6 Å². The molecule has 1 unspecified atom stereocenters. The summed E-state index contributed by atoms with van der Waals surface area (Å²) in [5.74, 6) is 0.0189. The quantitative estimate of drug-likeness (QED) is 0.816. The number of benzene rings is 1. The second-order valence-corrected chi connectivity index (χ2v) is 5.27. The second kappa shape index (κ2) is 6.68. The molecule has 0 aliphatic carbocycles. The highest BCUT2D eigenvalue weighted by molar-refractivity contribution is 5.77. The molecule has 1 aliphatic heterocycles. The summed E-state index contributed by atoms with van der Waals surface area (Å²) in [4.78, 5) is 11.7. The molecule has 2 N–H and O–H groups in total. The topological polar surface area (TPSA) is 50.4 Å². The molecule has 0 aromatic heterocycles. The van der Waals surface area contributed by atoms with Gasteiger partial charge in [-0.3, -0.25) is 4.79 Å². The predicted octanol–water partition coefficient (Wildman–Crippen LogP) is 1.46. The fraction of sp³-hybridized carbons (Fsp3) is 0.533. The molecular formula is C15H22N2O2. The van der Waals surface area contributed by atoms with Crippen LogP contribution in [0.15, 0.2) is 30.3 Å². The van der Waals surface area contributed by atoms with Gasteiger partial charge in [-0.1, -0.05) is 30.3 Å². The van der Waals surface area contributed by atoms with Gasteiger partial charge in [0.15, 0.2) is 0 Å². The van der Waals surface area contributed by atoms with E-state index in [-0.39, 0.29) is 11.5 Å². The average molecular weight is 262 g/mol. The van der Waals surface area contributed by atoms with Crippen molar-refractivity contribution in [3.05, 3.63) is 35.9 Å². The summed E-state index contributed by atoms with van der Waals surface area (Å²) in [6.07, 6.45) is 2.17. The van der Waals surface area contributed by atoms with Crippen LogP contribution in [-0.4, -0.2) is 31.2 Å². The predicted molar refractivity (Wildman–Crippen MR) is 74.7 cm³/mol. The second-order valence-electron chi connectivity index (χ2n) is 5.27. The van der Waals surface area contributed by atoms with Crippen molar-refractivity contribution in [3.8, 4) is 0 Å². The van der Waals surface area contributed by atoms with E-state index in [1.54, 1.807) is 0 Å². The van der Waals surface area contributed by atoms with Crippen LogP contribution in [0.4, 0.5) is 0 Å². The summed E-state index contributed by atoms with van der Waals surface area (Å²) in [7, 11) is 0. The zero-order chi connectivity index (χ0) is 13.6. The molecule has 4 nitrogen and oxygen atoms in total. The van der Waals surface area contributed by atoms with E-state index in [1.807, 2.05) is 30.3 Å². The molecule has 104 valence electrons. The summed E-state index contributed by atoms with van der Waals surface area (Å²) in [5, 5.41) is 6.06. The van der Waals surface area contributed by atoms with Crippen LogP contribution in [0.3, 0.4) is 0 Å². The minimum atomic E-state index is -0.0975. The lowest BCUT2D eigenvalue weighted by Gasteiger charge is -2.23. The lowest BCUT2D eigenvalue weighted by atomic mass is 10.0. The Hall–Kier alpha value is -1.39. The Morgan fingerprint density at radius 2 is 2.16 bits per heavy atom. The molecule has 1 aliphatic rings. The Kier molecular flexibility index (Phi) is 4.93. The van der Waals surface area contributed by atoms with Crippen molar-refractivity contribution in [2.24, 2.45) is 0 Å². The smallest absolute Gasteiger partial charge is 0.234 e. The van der Waals surface area contributed by atoms with Crippen LogP contribution in [0.25, 0.3) is 0 Å². The van der Waals surface area contributed by atoms with Gasteiger partial charge in [0.1, 0.15) is 0 Å². The third-order valence-electron chi connectivity index (χ3n) is 3.42. The Morgan fingerprint density at radius 1 is 1.37 bits per heavy atom. The molecule has 0 radical (unpaired) electrons. The lowest BCUT2D eigenvalue weighted by molar-refractivity contribution is -0.120. The number of rotatable bonds is 6. The molecule has 4 heteroatoms. The Balaban J connectivity index is 1.62. The first-order valence-corrected chi connectivity index (χ1v) is 6.83. The number of amides is 1. The van der Waals surface area contributed by atoms with Crippen molar-refractivity contribution < 1.29 is 9.53 Å². The highest BCUT2D eigenvalue weighted by atomic mass is 16.5. The van der Waals surface area contributed by atoms with Crippen LogP contribution < -0.4 is 10.6 Å². The molecule has 2 rings (SSSR count). The van der Waals surface area contributed by atoms with Gasteiger partial charge in [0.2, 0.25) is 5.91 Å². The molecule has 1 aromatic carbocycles. The van der Waals surface area contributed by atoms with Crippen molar-refractivity contribution in [2.75, 3.05) is 19.7 Å². The highest BCUT2D eigenvalue weighted by Gasteiger charge is 2.29. The lowest BCUT2D eigenvalue weighted by Crippen LogP contribution is -2.42. The van der Waals surface area contributed by atoms with Crippen molar-refractivity contribution in [3.63, 3.8) is 0 Å². The minimum absolute atomic E-state index is 0.0189. The number of hydrogen-bond donors (Lipinski definition) is 2. The van der Waals surface area contributed by atoms with E-state index in [1.165, 1.54) is 0 Å². The van der Waals surface area contributed by atoms with E-state index < -0.39 is 0 Å². The van der Waals surface area contributed by atoms with Gasteiger partial charge in [-0.15, -0.1) is 0 Å². The Bertz CT molecular complexity index is 400. The maximum atomic E-state index is 11.7. The Morgan fingerprint density at radius 3 is 2.84 bits per heavy atom. The van der Waals surface area contributed by atoms with Crippen LogP contribution in [0.5, 0.6) is 0 Å². The van der Waals surface area contributed by atoms with Crippen molar-refractivity contribution in [2.45, 2.75) is 31.9 Å². The van der Waals surface area contributed by atoms with E-state index >= 15 is 0 Å². The SMILES string of the molecule is CC1(CNCC(=O)NCc2ccccc2)CCCO1. The Labute approximate surface area is 114 Å². The van der Waals surface area contributed by atoms with Crippen molar-refractivity contribution in [1.29, 1.82) is 0 Å². The monoisotopic (exact) mass is 262 g/mol. The first-order chi connectivity index (χ1) is 9.18. The maximum Gasteiger partial charge on any atom is 0.234 e. The fourth-order valence-corrected chi connectivity index (χ4v) is 2.28. The molecule has 0 spiro atoms. The van der Waals surface area contributed by atoms with Gasteiger partial charge in [0.05, 0.1) is 12.1 Å². The van der Waals surface area contributed by atoms with Crippen LogP contribution in [-0.2, 0) is 16.1 Å². The van der Waals surface area contributed by atoms with Gasteiger partial charge in [0, 0.05) is 19.7 Å². The van der Waals surface area contributed by atoms with Gasteiger partial charge >= 0.3 is 0 Å². The van der Waals surface area contributed by atoms with Gasteiger partial charge in [-0.25, -0.2) is 0 Å². The molecule has 1 amide bonds. The first-order valence-electron chi connectivity index (χ1n) is 6.83. The van der Waals surface area contributed by atoms with Gasteiger partial charge in [-0.2, -0.15) is 0 Å². The molecule has 19 heavy (non-hydrogen) atoms.